The number of aromatic nitrogens is 4. The molecule has 0 saturated carbocycles. The summed E-state index contributed by atoms with van der Waals surface area (Å²) in [5.41, 5.74) is 3.40. The number of rotatable bonds is 7. The minimum absolute atomic E-state index is 0.685. The van der Waals surface area contributed by atoms with Crippen LogP contribution in [0.3, 0.4) is 0 Å². The van der Waals surface area contributed by atoms with Gasteiger partial charge >= 0.3 is 0 Å². The zero-order valence-electron chi connectivity index (χ0n) is 13.3. The molecule has 0 spiro atoms. The average molecular weight is 307 g/mol. The Hall–Kier alpha value is -2.53. The Kier molecular flexibility index (Phi) is 5.11. The van der Waals surface area contributed by atoms with Crippen molar-refractivity contribution in [2.75, 3.05) is 0 Å². The molecule has 3 aromatic rings. The fourth-order valence-electron chi connectivity index (χ4n) is 2.50. The van der Waals surface area contributed by atoms with Crippen molar-refractivity contribution in [2.45, 2.75) is 33.0 Å². The lowest BCUT2D eigenvalue weighted by atomic mass is 10.1. The summed E-state index contributed by atoms with van der Waals surface area (Å²) in [5, 5.41) is 11.6. The standard InChI is InChI=1S/C18H21N5/c1-15-6-5-9-17(21-15)12-19-13-18-22-20-14-23(18)11-10-16-7-3-2-4-8-16/h2-9,14,19H,10-13H2,1H3. The van der Waals surface area contributed by atoms with Crippen molar-refractivity contribution in [3.8, 4) is 0 Å². The fraction of sp³-hybridized carbons (Fsp3) is 0.278. The third-order valence-electron chi connectivity index (χ3n) is 3.72. The van der Waals surface area contributed by atoms with E-state index in [4.69, 9.17) is 0 Å². The molecule has 0 fully saturated rings. The van der Waals surface area contributed by atoms with Gasteiger partial charge < -0.3 is 9.88 Å². The first-order chi connectivity index (χ1) is 11.3. The van der Waals surface area contributed by atoms with Crippen LogP contribution in [0.15, 0.2) is 54.9 Å². The molecule has 2 heterocycles. The molecular formula is C18H21N5. The van der Waals surface area contributed by atoms with Gasteiger partial charge in [0.15, 0.2) is 0 Å². The van der Waals surface area contributed by atoms with E-state index in [1.807, 2.05) is 31.2 Å². The van der Waals surface area contributed by atoms with Gasteiger partial charge in [-0.1, -0.05) is 36.4 Å². The number of nitrogens with zero attached hydrogens (tertiary/aromatic N) is 4. The van der Waals surface area contributed by atoms with Gasteiger partial charge in [0.25, 0.3) is 0 Å². The molecule has 0 aliphatic heterocycles. The zero-order valence-corrected chi connectivity index (χ0v) is 13.3. The van der Waals surface area contributed by atoms with Gasteiger partial charge in [0, 0.05) is 18.8 Å². The van der Waals surface area contributed by atoms with E-state index >= 15 is 0 Å². The van der Waals surface area contributed by atoms with Crippen molar-refractivity contribution in [3.63, 3.8) is 0 Å². The minimum atomic E-state index is 0.685. The van der Waals surface area contributed by atoms with Crippen molar-refractivity contribution in [3.05, 3.63) is 77.6 Å². The Morgan fingerprint density at radius 3 is 2.70 bits per heavy atom. The van der Waals surface area contributed by atoms with E-state index < -0.39 is 0 Å². The summed E-state index contributed by atoms with van der Waals surface area (Å²) in [7, 11) is 0. The molecule has 5 heteroatoms. The van der Waals surface area contributed by atoms with Crippen LogP contribution in [0.25, 0.3) is 0 Å². The van der Waals surface area contributed by atoms with E-state index in [0.29, 0.717) is 6.54 Å². The molecule has 0 unspecified atom stereocenters. The molecule has 118 valence electrons. The zero-order chi connectivity index (χ0) is 15.9. The van der Waals surface area contributed by atoms with Crippen LogP contribution >= 0.6 is 0 Å². The predicted molar refractivity (Wildman–Crippen MR) is 89.7 cm³/mol. The lowest BCUT2D eigenvalue weighted by molar-refractivity contribution is 0.590. The molecular weight excluding hydrogens is 286 g/mol. The van der Waals surface area contributed by atoms with Crippen LogP contribution in [0.2, 0.25) is 0 Å². The van der Waals surface area contributed by atoms with Crippen LogP contribution in [0.1, 0.15) is 22.8 Å². The Balaban J connectivity index is 1.52. The molecule has 2 aromatic heterocycles. The van der Waals surface area contributed by atoms with Gasteiger partial charge in [-0.2, -0.15) is 0 Å². The predicted octanol–water partition coefficient (Wildman–Crippen LogP) is 2.51. The van der Waals surface area contributed by atoms with E-state index in [1.54, 1.807) is 6.33 Å². The monoisotopic (exact) mass is 307 g/mol. The molecule has 0 amide bonds. The van der Waals surface area contributed by atoms with Gasteiger partial charge in [0.2, 0.25) is 0 Å². The number of aryl methyl sites for hydroxylation is 3. The normalized spacial score (nSPS) is 10.8. The molecule has 0 bridgehead atoms. The maximum Gasteiger partial charge on any atom is 0.146 e. The maximum atomic E-state index is 4.49. The number of benzene rings is 1. The second kappa shape index (κ2) is 7.65. The quantitative estimate of drug-likeness (QED) is 0.729. The molecule has 1 N–H and O–H groups in total. The van der Waals surface area contributed by atoms with Crippen LogP contribution < -0.4 is 5.32 Å². The highest BCUT2D eigenvalue weighted by atomic mass is 15.3. The smallest absolute Gasteiger partial charge is 0.146 e. The average Bonchev–Trinajstić information content (AvgIpc) is 3.01. The lowest BCUT2D eigenvalue weighted by Gasteiger charge is -2.08. The topological polar surface area (TPSA) is 55.6 Å². The van der Waals surface area contributed by atoms with E-state index in [0.717, 1.165) is 36.7 Å². The van der Waals surface area contributed by atoms with Crippen molar-refractivity contribution in [2.24, 2.45) is 0 Å². The highest BCUT2D eigenvalue weighted by Gasteiger charge is 2.04. The second-order valence-corrected chi connectivity index (χ2v) is 5.55. The van der Waals surface area contributed by atoms with Crippen LogP contribution in [0, 0.1) is 6.92 Å². The summed E-state index contributed by atoms with van der Waals surface area (Å²) in [5.74, 6) is 0.952. The fourth-order valence-corrected chi connectivity index (χ4v) is 2.50. The third-order valence-corrected chi connectivity index (χ3v) is 3.72. The van der Waals surface area contributed by atoms with E-state index in [2.05, 4.69) is 49.3 Å². The first-order valence-electron chi connectivity index (χ1n) is 7.85. The van der Waals surface area contributed by atoms with Crippen LogP contribution in [-0.2, 0) is 26.1 Å². The summed E-state index contributed by atoms with van der Waals surface area (Å²) >= 11 is 0. The third kappa shape index (κ3) is 4.47. The van der Waals surface area contributed by atoms with Gasteiger partial charge in [0.05, 0.1) is 12.2 Å². The van der Waals surface area contributed by atoms with E-state index in [-0.39, 0.29) is 0 Å². The maximum absolute atomic E-state index is 4.49. The Bertz CT molecular complexity index is 736. The summed E-state index contributed by atoms with van der Waals surface area (Å²) in [4.78, 5) is 4.49. The van der Waals surface area contributed by atoms with Crippen LogP contribution in [0.5, 0.6) is 0 Å². The van der Waals surface area contributed by atoms with Gasteiger partial charge in [0.1, 0.15) is 12.2 Å². The van der Waals surface area contributed by atoms with E-state index in [1.165, 1.54) is 5.56 Å². The van der Waals surface area contributed by atoms with Gasteiger partial charge in [-0.3, -0.25) is 4.98 Å². The minimum Gasteiger partial charge on any atom is -0.316 e. The van der Waals surface area contributed by atoms with Crippen molar-refractivity contribution < 1.29 is 0 Å². The first kappa shape index (κ1) is 15.4. The molecule has 1 aromatic carbocycles. The van der Waals surface area contributed by atoms with Crippen molar-refractivity contribution >= 4 is 0 Å². The highest BCUT2D eigenvalue weighted by Crippen LogP contribution is 2.04. The molecule has 0 aliphatic rings. The molecule has 3 rings (SSSR count). The molecule has 0 radical (unpaired) electrons. The van der Waals surface area contributed by atoms with Crippen LogP contribution in [-0.4, -0.2) is 19.7 Å². The van der Waals surface area contributed by atoms with Gasteiger partial charge in [-0.25, -0.2) is 0 Å². The lowest BCUT2D eigenvalue weighted by Crippen LogP contribution is -2.18. The molecule has 23 heavy (non-hydrogen) atoms. The molecule has 5 nitrogen and oxygen atoms in total. The number of pyridine rings is 1. The Morgan fingerprint density at radius 1 is 1.00 bits per heavy atom. The largest absolute Gasteiger partial charge is 0.316 e. The first-order valence-corrected chi connectivity index (χ1v) is 7.85. The molecule has 0 atom stereocenters. The number of nitrogens with one attached hydrogen (secondary N) is 1. The second-order valence-electron chi connectivity index (χ2n) is 5.55. The SMILES string of the molecule is Cc1cccc(CNCc2nncn2CCc2ccccc2)n1. The molecule has 0 aliphatic carbocycles. The van der Waals surface area contributed by atoms with Crippen LogP contribution in [0.4, 0.5) is 0 Å². The Morgan fingerprint density at radius 2 is 1.87 bits per heavy atom. The van der Waals surface area contributed by atoms with Gasteiger partial charge in [-0.05, 0) is 31.0 Å². The van der Waals surface area contributed by atoms with Gasteiger partial charge in [-0.15, -0.1) is 10.2 Å². The summed E-state index contributed by atoms with van der Waals surface area (Å²) in [6.45, 7) is 4.30. The summed E-state index contributed by atoms with van der Waals surface area (Å²) in [6, 6.07) is 16.5. The highest BCUT2D eigenvalue weighted by molar-refractivity contribution is 5.14. The number of hydrogen-bond donors (Lipinski definition) is 1. The number of hydrogen-bond acceptors (Lipinski definition) is 4. The van der Waals surface area contributed by atoms with E-state index in [9.17, 15) is 0 Å². The summed E-state index contributed by atoms with van der Waals surface area (Å²) < 4.78 is 2.10. The van der Waals surface area contributed by atoms with Crippen molar-refractivity contribution in [1.82, 2.24) is 25.1 Å². The van der Waals surface area contributed by atoms with Crippen molar-refractivity contribution in [1.29, 1.82) is 0 Å². The molecule has 0 saturated heterocycles. The summed E-state index contributed by atoms with van der Waals surface area (Å²) in [6.07, 6.45) is 2.77. The Labute approximate surface area is 136 Å².